The molecule has 1 aromatic heterocycles. The van der Waals surface area contributed by atoms with E-state index in [1.54, 1.807) is 42.9 Å². The van der Waals surface area contributed by atoms with E-state index in [1.165, 1.54) is 12.8 Å². The normalized spacial score (nSPS) is 23.5. The molecule has 2 fully saturated rings. The van der Waals surface area contributed by atoms with Crippen molar-refractivity contribution in [1.29, 1.82) is 0 Å². The summed E-state index contributed by atoms with van der Waals surface area (Å²) in [5.41, 5.74) is 0.634. The molecule has 0 radical (unpaired) electrons. The monoisotopic (exact) mass is 579 g/mol. The SMILES string of the molecule is N[N+]12C=CN=CC1=C(N1CCCC(C(=O)NCC3CC3)C1)N=C2c1ccc(C(=O)Nc2cc(C(F)(F)F)ccn2)cc1. The molecule has 1 saturated heterocycles. The standard InChI is InChI=1S/C29H29F3N8O2/c30-29(31,32)22-9-10-35-24(14-22)37-28(42)20-7-5-19(6-8-20)26-38-25(23-16-34-11-13-40(23,26)33)39-12-1-2-21(17-39)27(41)36-15-18-3-4-18/h5-11,13-14,16,18,21H,1-4,12,15,17,33H2,(H-,35,36,37,41,42)/p+1. The molecule has 1 saturated carbocycles. The van der Waals surface area contributed by atoms with Gasteiger partial charge in [-0.15, -0.1) is 4.59 Å². The maximum Gasteiger partial charge on any atom is 0.416 e. The smallest absolute Gasteiger partial charge is 0.356 e. The summed E-state index contributed by atoms with van der Waals surface area (Å²) in [5.74, 6) is 7.73. The van der Waals surface area contributed by atoms with Crippen molar-refractivity contribution in [3.8, 4) is 0 Å². The van der Waals surface area contributed by atoms with Gasteiger partial charge in [0.15, 0.2) is 0 Å². The van der Waals surface area contributed by atoms with Crippen LogP contribution in [0.25, 0.3) is 0 Å². The predicted molar refractivity (Wildman–Crippen MR) is 149 cm³/mol. The van der Waals surface area contributed by atoms with Gasteiger partial charge in [-0.2, -0.15) is 24.0 Å². The predicted octanol–water partition coefficient (Wildman–Crippen LogP) is 3.77. The molecular formula is C29H30F3N8O2+. The van der Waals surface area contributed by atoms with Gasteiger partial charge in [-0.05, 0) is 68.0 Å². The Hall–Kier alpha value is -4.36. The summed E-state index contributed by atoms with van der Waals surface area (Å²) < 4.78 is 38.9. The number of nitrogens with one attached hydrogen (secondary N) is 2. The summed E-state index contributed by atoms with van der Waals surface area (Å²) in [4.78, 5) is 40.7. The van der Waals surface area contributed by atoms with Crippen molar-refractivity contribution in [1.82, 2.24) is 15.2 Å². The van der Waals surface area contributed by atoms with Crippen LogP contribution in [0.15, 0.2) is 76.5 Å². The summed E-state index contributed by atoms with van der Waals surface area (Å²) in [6.45, 7) is 1.98. The molecule has 0 bridgehead atoms. The maximum absolute atomic E-state index is 13.0. The van der Waals surface area contributed by atoms with E-state index in [0.29, 0.717) is 35.4 Å². The van der Waals surface area contributed by atoms with Gasteiger partial charge in [0.25, 0.3) is 11.7 Å². The molecule has 0 spiro atoms. The summed E-state index contributed by atoms with van der Waals surface area (Å²) in [6, 6.07) is 8.09. The van der Waals surface area contributed by atoms with E-state index in [1.807, 2.05) is 0 Å². The summed E-state index contributed by atoms with van der Waals surface area (Å²) in [7, 11) is 0. The van der Waals surface area contributed by atoms with Gasteiger partial charge in [0.1, 0.15) is 12.0 Å². The van der Waals surface area contributed by atoms with Crippen LogP contribution in [-0.4, -0.2) is 58.0 Å². The highest BCUT2D eigenvalue weighted by atomic mass is 19.4. The quantitative estimate of drug-likeness (QED) is 0.340. The number of quaternary nitrogens is 1. The van der Waals surface area contributed by atoms with E-state index in [0.717, 1.165) is 44.3 Å². The molecule has 42 heavy (non-hydrogen) atoms. The molecule has 13 heteroatoms. The number of likely N-dealkylation sites (tertiary alicyclic amines) is 1. The number of nitrogens with zero attached hydrogens (tertiary/aromatic N) is 5. The molecule has 218 valence electrons. The van der Waals surface area contributed by atoms with E-state index in [9.17, 15) is 22.8 Å². The average molecular weight is 580 g/mol. The second-order valence-electron chi connectivity index (χ2n) is 10.9. The molecule has 1 aliphatic carbocycles. The molecule has 2 amide bonds. The highest BCUT2D eigenvalue weighted by Crippen LogP contribution is 2.35. The zero-order valence-corrected chi connectivity index (χ0v) is 22.6. The first kappa shape index (κ1) is 27.8. The molecule has 1 aromatic carbocycles. The molecule has 4 aliphatic rings. The number of aromatic nitrogens is 1. The van der Waals surface area contributed by atoms with Crippen molar-refractivity contribution in [2.24, 2.45) is 27.7 Å². The van der Waals surface area contributed by atoms with Gasteiger partial charge in [-0.3, -0.25) is 14.6 Å². The number of amides is 2. The Morgan fingerprint density at radius 3 is 2.64 bits per heavy atom. The Bertz CT molecular complexity index is 1530. The molecule has 4 N–H and O–H groups in total. The third-order valence-electron chi connectivity index (χ3n) is 7.86. The van der Waals surface area contributed by atoms with Crippen LogP contribution in [0.3, 0.4) is 0 Å². The Labute approximate surface area is 240 Å². The lowest BCUT2D eigenvalue weighted by atomic mass is 9.97. The average Bonchev–Trinajstić information content (AvgIpc) is 3.76. The van der Waals surface area contributed by atoms with E-state index in [4.69, 9.17) is 10.8 Å². The second kappa shape index (κ2) is 10.8. The molecule has 2 atom stereocenters. The Morgan fingerprint density at radius 2 is 1.90 bits per heavy atom. The molecule has 2 unspecified atom stereocenters. The fourth-order valence-electron chi connectivity index (χ4n) is 5.32. The number of pyridine rings is 1. The van der Waals surface area contributed by atoms with Gasteiger partial charge >= 0.3 is 6.18 Å². The number of amidine groups is 1. The lowest BCUT2D eigenvalue weighted by Gasteiger charge is -2.33. The van der Waals surface area contributed by atoms with Crippen molar-refractivity contribution < 1.29 is 27.4 Å². The number of aliphatic imine (C=N–C) groups is 2. The molecule has 6 rings (SSSR count). The van der Waals surface area contributed by atoms with Gasteiger partial charge in [-0.1, -0.05) is 0 Å². The first-order chi connectivity index (χ1) is 20.1. The van der Waals surface area contributed by atoms with Crippen LogP contribution in [0.5, 0.6) is 0 Å². The van der Waals surface area contributed by atoms with E-state index in [2.05, 4.69) is 25.5 Å². The van der Waals surface area contributed by atoms with Crippen LogP contribution in [0.4, 0.5) is 19.0 Å². The topological polar surface area (TPSA) is 125 Å². The number of nitrogens with two attached hydrogens (primary N) is 1. The minimum Gasteiger partial charge on any atom is -0.356 e. The van der Waals surface area contributed by atoms with Crippen molar-refractivity contribution >= 4 is 29.7 Å². The second-order valence-corrected chi connectivity index (χ2v) is 10.9. The van der Waals surface area contributed by atoms with Gasteiger partial charge in [0.05, 0.1) is 29.5 Å². The highest BCUT2D eigenvalue weighted by Gasteiger charge is 2.46. The lowest BCUT2D eigenvalue weighted by Crippen LogP contribution is -2.53. The number of carbonyl (C=O) groups is 2. The minimum atomic E-state index is -4.55. The maximum atomic E-state index is 13.0. The number of carbonyl (C=O) groups excluding carboxylic acids is 2. The third kappa shape index (κ3) is 5.57. The first-order valence-corrected chi connectivity index (χ1v) is 13.8. The van der Waals surface area contributed by atoms with Crippen LogP contribution in [0, 0.1) is 11.8 Å². The number of piperidine rings is 1. The van der Waals surface area contributed by atoms with Gasteiger partial charge in [-0.25, -0.2) is 4.98 Å². The largest absolute Gasteiger partial charge is 0.416 e. The molecule has 10 nitrogen and oxygen atoms in total. The fraction of sp³-hybridized carbons (Fsp3) is 0.345. The number of anilines is 1. The zero-order chi connectivity index (χ0) is 29.5. The van der Waals surface area contributed by atoms with Crippen molar-refractivity contribution in [3.05, 3.63) is 83.2 Å². The van der Waals surface area contributed by atoms with E-state index < -0.39 is 17.6 Å². The Kier molecular flexibility index (Phi) is 7.15. The minimum absolute atomic E-state index is 0.0688. The molecular weight excluding hydrogens is 549 g/mol. The number of hydrogen-bond donors (Lipinski definition) is 3. The molecule has 4 heterocycles. The number of halogens is 3. The number of fused-ring (bicyclic) bond motifs is 1. The van der Waals surface area contributed by atoms with Crippen LogP contribution < -0.4 is 16.5 Å². The lowest BCUT2D eigenvalue weighted by molar-refractivity contribution is -0.750. The van der Waals surface area contributed by atoms with Gasteiger partial charge < -0.3 is 15.5 Å². The number of alkyl halides is 3. The van der Waals surface area contributed by atoms with Gasteiger partial charge in [0, 0.05) is 31.4 Å². The summed E-state index contributed by atoms with van der Waals surface area (Å²) in [5, 5.41) is 5.50. The van der Waals surface area contributed by atoms with Crippen LogP contribution in [0.1, 0.15) is 47.2 Å². The van der Waals surface area contributed by atoms with Crippen molar-refractivity contribution in [3.63, 3.8) is 0 Å². The Morgan fingerprint density at radius 1 is 1.12 bits per heavy atom. The Balaban J connectivity index is 1.20. The van der Waals surface area contributed by atoms with Crippen molar-refractivity contribution in [2.75, 3.05) is 25.0 Å². The van der Waals surface area contributed by atoms with Crippen LogP contribution in [0.2, 0.25) is 0 Å². The van der Waals surface area contributed by atoms with E-state index >= 15 is 0 Å². The number of benzene rings is 1. The summed E-state index contributed by atoms with van der Waals surface area (Å²) >= 11 is 0. The third-order valence-corrected chi connectivity index (χ3v) is 7.86. The fourth-order valence-corrected chi connectivity index (χ4v) is 5.32. The molecule has 3 aliphatic heterocycles. The number of hydrogen-bond acceptors (Lipinski definition) is 7. The molecule has 2 aromatic rings. The summed E-state index contributed by atoms with van der Waals surface area (Å²) in [6.07, 6.45) is 5.41. The number of rotatable bonds is 7. The van der Waals surface area contributed by atoms with Crippen LogP contribution >= 0.6 is 0 Å². The first-order valence-electron chi connectivity index (χ1n) is 13.8. The number of allylic oxidation sites excluding steroid dienone is 1. The highest BCUT2D eigenvalue weighted by molar-refractivity contribution is 6.05. The zero-order valence-electron chi connectivity index (χ0n) is 22.6. The van der Waals surface area contributed by atoms with Crippen molar-refractivity contribution in [2.45, 2.75) is 31.9 Å². The van der Waals surface area contributed by atoms with E-state index in [-0.39, 0.29) is 27.8 Å². The van der Waals surface area contributed by atoms with Crippen LogP contribution in [-0.2, 0) is 11.0 Å². The van der Waals surface area contributed by atoms with Gasteiger partial charge in [0.2, 0.25) is 17.4 Å².